The summed E-state index contributed by atoms with van der Waals surface area (Å²) < 4.78 is 5.49. The van der Waals surface area contributed by atoms with Gasteiger partial charge in [0.1, 0.15) is 17.0 Å². The number of halogens is 1. The number of fused-ring (bicyclic) bond motifs is 2. The average molecular weight is 291 g/mol. The highest BCUT2D eigenvalue weighted by molar-refractivity contribution is 6.31. The van der Waals surface area contributed by atoms with Crippen LogP contribution >= 0.6 is 11.6 Å². The fraction of sp³-hybridized carbons (Fsp3) is 0. The number of benzene rings is 1. The number of aromatic nitrogens is 1. The van der Waals surface area contributed by atoms with E-state index in [1.165, 1.54) is 18.2 Å². The van der Waals surface area contributed by atoms with Gasteiger partial charge in [-0.2, -0.15) is 0 Å². The number of aromatic carboxylic acids is 1. The summed E-state index contributed by atoms with van der Waals surface area (Å²) in [7, 11) is 0. The molecule has 0 aliphatic rings. The van der Waals surface area contributed by atoms with Crippen LogP contribution < -0.4 is 11.2 Å². The summed E-state index contributed by atoms with van der Waals surface area (Å²) in [4.78, 5) is 27.1. The lowest BCUT2D eigenvalue weighted by Crippen LogP contribution is -2.10. The summed E-state index contributed by atoms with van der Waals surface area (Å²) in [6.07, 6.45) is 0. The molecule has 0 amide bonds. The maximum absolute atomic E-state index is 12.3. The second-order valence-electron chi connectivity index (χ2n) is 4.14. The molecule has 0 saturated heterocycles. The molecular weight excluding hydrogens is 284 g/mol. The van der Waals surface area contributed by atoms with Crippen molar-refractivity contribution in [2.45, 2.75) is 0 Å². The van der Waals surface area contributed by atoms with Gasteiger partial charge in [0.25, 0.3) is 0 Å². The van der Waals surface area contributed by atoms with Gasteiger partial charge in [-0.25, -0.2) is 9.78 Å². The number of hydrogen-bond donors (Lipinski definition) is 2. The van der Waals surface area contributed by atoms with Gasteiger partial charge in [-0.15, -0.1) is 0 Å². The lowest BCUT2D eigenvalue weighted by atomic mass is 10.1. The molecule has 100 valence electrons. The van der Waals surface area contributed by atoms with Crippen LogP contribution in [0.15, 0.2) is 33.5 Å². The first-order valence-electron chi connectivity index (χ1n) is 5.53. The van der Waals surface area contributed by atoms with Crippen LogP contribution in [-0.2, 0) is 0 Å². The number of pyridine rings is 1. The first-order chi connectivity index (χ1) is 9.47. The van der Waals surface area contributed by atoms with E-state index in [2.05, 4.69) is 4.98 Å². The smallest absolute Gasteiger partial charge is 0.339 e. The zero-order valence-electron chi connectivity index (χ0n) is 9.88. The van der Waals surface area contributed by atoms with Gasteiger partial charge in [0, 0.05) is 11.1 Å². The molecule has 6 nitrogen and oxygen atoms in total. The van der Waals surface area contributed by atoms with Crippen molar-refractivity contribution in [1.82, 2.24) is 4.98 Å². The van der Waals surface area contributed by atoms with Crippen LogP contribution in [0.2, 0.25) is 5.02 Å². The monoisotopic (exact) mass is 290 g/mol. The van der Waals surface area contributed by atoms with Crippen molar-refractivity contribution in [3.05, 3.63) is 45.1 Å². The van der Waals surface area contributed by atoms with Crippen molar-refractivity contribution in [3.8, 4) is 0 Å². The third-order valence-electron chi connectivity index (χ3n) is 2.87. The van der Waals surface area contributed by atoms with E-state index in [1.807, 2.05) is 0 Å². The first-order valence-corrected chi connectivity index (χ1v) is 5.91. The molecule has 0 spiro atoms. The predicted molar refractivity (Wildman–Crippen MR) is 74.2 cm³/mol. The Labute approximate surface area is 116 Å². The molecule has 0 radical (unpaired) electrons. The maximum atomic E-state index is 12.3. The Balaban J connectivity index is 2.50. The number of carbonyl (C=O) groups is 1. The largest absolute Gasteiger partial charge is 0.478 e. The molecule has 0 aliphatic heterocycles. The molecular formula is C13H7ClN2O4. The number of nitrogens with zero attached hydrogens (tertiary/aromatic N) is 1. The number of nitrogens with two attached hydrogens (primary N) is 1. The van der Waals surface area contributed by atoms with Gasteiger partial charge in [-0.1, -0.05) is 11.6 Å². The van der Waals surface area contributed by atoms with Gasteiger partial charge in [0.15, 0.2) is 11.1 Å². The molecule has 20 heavy (non-hydrogen) atoms. The Morgan fingerprint density at radius 2 is 2.05 bits per heavy atom. The molecule has 3 aromatic rings. The van der Waals surface area contributed by atoms with Crippen LogP contribution in [-0.4, -0.2) is 16.1 Å². The van der Waals surface area contributed by atoms with E-state index in [0.29, 0.717) is 10.6 Å². The van der Waals surface area contributed by atoms with Crippen LogP contribution in [0.4, 0.5) is 5.82 Å². The number of carboxylic acids is 1. The maximum Gasteiger partial charge on any atom is 0.339 e. The Morgan fingerprint density at radius 3 is 2.75 bits per heavy atom. The third kappa shape index (κ3) is 1.78. The van der Waals surface area contributed by atoms with Gasteiger partial charge in [0.2, 0.25) is 5.43 Å². The molecule has 0 unspecified atom stereocenters. The number of rotatable bonds is 1. The zero-order valence-corrected chi connectivity index (χ0v) is 10.6. The summed E-state index contributed by atoms with van der Waals surface area (Å²) in [6.45, 7) is 0. The standard InChI is InChI=1S/C13H7ClN2O4/c14-5-1-2-8-6(3-5)11(17)10-9(20-8)4-7(13(18)19)12(15)16-10/h1-4H,(H2,15,16)(H,18,19). The van der Waals surface area contributed by atoms with E-state index >= 15 is 0 Å². The molecule has 0 saturated carbocycles. The molecule has 2 aromatic heterocycles. The predicted octanol–water partition coefficient (Wildman–Crippen LogP) is 2.27. The molecule has 2 heterocycles. The van der Waals surface area contributed by atoms with Gasteiger partial charge in [-0.3, -0.25) is 4.79 Å². The van der Waals surface area contributed by atoms with Crippen molar-refractivity contribution in [2.24, 2.45) is 0 Å². The lowest BCUT2D eigenvalue weighted by Gasteiger charge is -2.04. The molecule has 3 N–H and O–H groups in total. The minimum atomic E-state index is -1.24. The van der Waals surface area contributed by atoms with Gasteiger partial charge >= 0.3 is 5.97 Å². The van der Waals surface area contributed by atoms with Crippen molar-refractivity contribution < 1.29 is 14.3 Å². The van der Waals surface area contributed by atoms with Crippen LogP contribution in [0.5, 0.6) is 0 Å². The molecule has 0 fully saturated rings. The van der Waals surface area contributed by atoms with Gasteiger partial charge in [-0.05, 0) is 18.2 Å². The first kappa shape index (κ1) is 12.4. The minimum absolute atomic E-state index is 0.0257. The number of carboxylic acid groups (broad SMARTS) is 1. The summed E-state index contributed by atoms with van der Waals surface area (Å²) in [5, 5.41) is 9.64. The summed E-state index contributed by atoms with van der Waals surface area (Å²) in [5.41, 5.74) is 5.25. The second-order valence-corrected chi connectivity index (χ2v) is 4.58. The van der Waals surface area contributed by atoms with Crippen LogP contribution in [0.25, 0.3) is 22.1 Å². The normalized spacial score (nSPS) is 11.1. The van der Waals surface area contributed by atoms with Crippen molar-refractivity contribution in [3.63, 3.8) is 0 Å². The van der Waals surface area contributed by atoms with E-state index in [1.54, 1.807) is 6.07 Å². The van der Waals surface area contributed by atoms with Crippen LogP contribution in [0.3, 0.4) is 0 Å². The van der Waals surface area contributed by atoms with Gasteiger partial charge < -0.3 is 15.3 Å². The highest BCUT2D eigenvalue weighted by atomic mass is 35.5. The van der Waals surface area contributed by atoms with Crippen LogP contribution in [0, 0.1) is 0 Å². The van der Waals surface area contributed by atoms with E-state index in [9.17, 15) is 9.59 Å². The fourth-order valence-corrected chi connectivity index (χ4v) is 2.11. The Bertz CT molecular complexity index is 933. The molecule has 1 aromatic carbocycles. The number of nitrogen functional groups attached to an aromatic ring is 1. The zero-order chi connectivity index (χ0) is 14.4. The molecule has 3 rings (SSSR count). The van der Waals surface area contributed by atoms with E-state index in [4.69, 9.17) is 26.9 Å². The quantitative estimate of drug-likeness (QED) is 0.666. The molecule has 0 atom stereocenters. The Hall–Kier alpha value is -2.60. The summed E-state index contributed by atoms with van der Waals surface area (Å²) >= 11 is 5.84. The van der Waals surface area contributed by atoms with Gasteiger partial charge in [0.05, 0.1) is 5.39 Å². The second kappa shape index (κ2) is 4.21. The van der Waals surface area contributed by atoms with E-state index < -0.39 is 11.4 Å². The Morgan fingerprint density at radius 1 is 1.30 bits per heavy atom. The average Bonchev–Trinajstić information content (AvgIpc) is 2.40. The van der Waals surface area contributed by atoms with Crippen LogP contribution in [0.1, 0.15) is 10.4 Å². The fourth-order valence-electron chi connectivity index (χ4n) is 1.94. The molecule has 0 bridgehead atoms. The van der Waals surface area contributed by atoms with Crippen molar-refractivity contribution in [1.29, 1.82) is 0 Å². The summed E-state index contributed by atoms with van der Waals surface area (Å²) in [5.74, 6) is -1.48. The molecule has 7 heteroatoms. The van der Waals surface area contributed by atoms with Crippen molar-refractivity contribution in [2.75, 3.05) is 5.73 Å². The third-order valence-corrected chi connectivity index (χ3v) is 3.10. The number of anilines is 1. The topological polar surface area (TPSA) is 106 Å². The minimum Gasteiger partial charge on any atom is -0.478 e. The SMILES string of the molecule is Nc1nc2c(=O)c3cc(Cl)ccc3oc2cc1C(=O)O. The highest BCUT2D eigenvalue weighted by Gasteiger charge is 2.16. The highest BCUT2D eigenvalue weighted by Crippen LogP contribution is 2.23. The van der Waals surface area contributed by atoms with Crippen molar-refractivity contribution >= 4 is 45.5 Å². The lowest BCUT2D eigenvalue weighted by molar-refractivity contribution is 0.0697. The van der Waals surface area contributed by atoms with E-state index in [0.717, 1.165) is 0 Å². The van der Waals surface area contributed by atoms with E-state index in [-0.39, 0.29) is 27.9 Å². The number of hydrogen-bond acceptors (Lipinski definition) is 5. The Kier molecular flexibility index (Phi) is 2.62. The molecule has 0 aliphatic carbocycles. The summed E-state index contributed by atoms with van der Waals surface area (Å²) in [6, 6.07) is 5.76.